The molecule has 4 nitrogen and oxygen atoms in total. The predicted molar refractivity (Wildman–Crippen MR) is 117 cm³/mol. The van der Waals surface area contributed by atoms with Crippen molar-refractivity contribution in [1.82, 2.24) is 5.32 Å². The molecule has 1 fully saturated rings. The number of rotatable bonds is 5. The Kier molecular flexibility index (Phi) is 6.08. The van der Waals surface area contributed by atoms with E-state index in [9.17, 15) is 4.79 Å². The average molecular weight is 393 g/mol. The first-order valence-corrected chi connectivity index (χ1v) is 11.0. The number of hydrogen-bond acceptors (Lipinski definition) is 3. The van der Waals surface area contributed by atoms with E-state index in [0.29, 0.717) is 0 Å². The Balaban J connectivity index is 1.60. The van der Waals surface area contributed by atoms with E-state index in [1.165, 1.54) is 36.1 Å². The smallest absolute Gasteiger partial charge is 0.223 e. The molecular formula is C25H32N2O2. The van der Waals surface area contributed by atoms with Gasteiger partial charge in [-0.3, -0.25) is 4.79 Å². The van der Waals surface area contributed by atoms with Gasteiger partial charge >= 0.3 is 0 Å². The van der Waals surface area contributed by atoms with E-state index < -0.39 is 0 Å². The molecule has 1 aliphatic carbocycles. The quantitative estimate of drug-likeness (QED) is 0.788. The van der Waals surface area contributed by atoms with Crippen LogP contribution in [0.25, 0.3) is 0 Å². The predicted octanol–water partition coefficient (Wildman–Crippen LogP) is 4.88. The van der Waals surface area contributed by atoms with Gasteiger partial charge in [0.1, 0.15) is 5.75 Å². The van der Waals surface area contributed by atoms with Crippen molar-refractivity contribution in [3.63, 3.8) is 0 Å². The molecule has 2 aromatic rings. The number of hydrogen-bond donors (Lipinski definition) is 1. The minimum atomic E-state index is 0.0352. The monoisotopic (exact) mass is 392 g/mol. The van der Waals surface area contributed by atoms with E-state index in [-0.39, 0.29) is 23.9 Å². The van der Waals surface area contributed by atoms with Crippen molar-refractivity contribution in [2.75, 3.05) is 18.6 Å². The fourth-order valence-electron chi connectivity index (χ4n) is 4.99. The molecule has 1 saturated carbocycles. The Hall–Kier alpha value is -2.49. The maximum absolute atomic E-state index is 12.9. The third-order valence-electron chi connectivity index (χ3n) is 6.56. The molecule has 0 spiro atoms. The van der Waals surface area contributed by atoms with Crippen LogP contribution in [0.1, 0.15) is 56.2 Å². The van der Waals surface area contributed by atoms with E-state index in [0.717, 1.165) is 31.6 Å². The van der Waals surface area contributed by atoms with Gasteiger partial charge in [-0.2, -0.15) is 0 Å². The first-order chi connectivity index (χ1) is 14.2. The number of ether oxygens (including phenoxy) is 1. The number of anilines is 1. The third-order valence-corrected chi connectivity index (χ3v) is 6.56. The Labute approximate surface area is 174 Å². The Morgan fingerprint density at radius 1 is 1.07 bits per heavy atom. The summed E-state index contributed by atoms with van der Waals surface area (Å²) in [6.45, 7) is 3.10. The molecule has 4 heteroatoms. The highest BCUT2D eigenvalue weighted by atomic mass is 16.5. The molecular weight excluding hydrogens is 360 g/mol. The van der Waals surface area contributed by atoms with Gasteiger partial charge in [-0.25, -0.2) is 0 Å². The van der Waals surface area contributed by atoms with Crippen molar-refractivity contribution in [3.05, 3.63) is 59.7 Å². The first kappa shape index (κ1) is 19.8. The highest BCUT2D eigenvalue weighted by Crippen LogP contribution is 2.37. The molecule has 29 heavy (non-hydrogen) atoms. The average Bonchev–Trinajstić information content (AvgIpc) is 2.78. The zero-order valence-electron chi connectivity index (χ0n) is 17.6. The topological polar surface area (TPSA) is 41.6 Å². The lowest BCUT2D eigenvalue weighted by molar-refractivity contribution is -0.126. The van der Waals surface area contributed by atoms with Crippen LogP contribution in [0.4, 0.5) is 5.69 Å². The summed E-state index contributed by atoms with van der Waals surface area (Å²) in [5, 5.41) is 3.38. The molecule has 1 amide bonds. The van der Waals surface area contributed by atoms with E-state index in [2.05, 4.69) is 53.5 Å². The van der Waals surface area contributed by atoms with Gasteiger partial charge in [0.2, 0.25) is 5.91 Å². The Bertz CT molecular complexity index is 827. The van der Waals surface area contributed by atoms with Gasteiger partial charge in [0.05, 0.1) is 19.2 Å². The number of amides is 1. The maximum atomic E-state index is 12.9. The number of carbonyl (C=O) groups is 1. The molecule has 2 aromatic carbocycles. The molecule has 2 atom stereocenters. The van der Waals surface area contributed by atoms with Gasteiger partial charge in [-0.05, 0) is 61.6 Å². The molecule has 1 aliphatic heterocycles. The van der Waals surface area contributed by atoms with Crippen LogP contribution in [-0.4, -0.2) is 25.6 Å². The van der Waals surface area contributed by atoms with Crippen LogP contribution in [0.15, 0.2) is 48.5 Å². The minimum Gasteiger partial charge on any atom is -0.497 e. The standard InChI is InChI=1S/C25H32N2O2/c1-18(26-25(28)20-9-4-3-5-10-20)24-23-11-7-6-8-19(23)16-17-27(24)21-12-14-22(29-2)15-13-21/h6-8,11-15,18,20,24H,3-5,9-10,16-17H2,1-2H3,(H,26,28). The summed E-state index contributed by atoms with van der Waals surface area (Å²) >= 11 is 0. The summed E-state index contributed by atoms with van der Waals surface area (Å²) in [7, 11) is 1.69. The van der Waals surface area contributed by atoms with E-state index in [4.69, 9.17) is 4.74 Å². The van der Waals surface area contributed by atoms with Gasteiger partial charge in [-0.1, -0.05) is 43.5 Å². The summed E-state index contributed by atoms with van der Waals surface area (Å²) in [5.74, 6) is 1.27. The van der Waals surface area contributed by atoms with Crippen LogP contribution in [0.2, 0.25) is 0 Å². The van der Waals surface area contributed by atoms with Crippen LogP contribution in [0.3, 0.4) is 0 Å². The van der Waals surface area contributed by atoms with Crippen LogP contribution < -0.4 is 15.0 Å². The van der Waals surface area contributed by atoms with Crippen molar-refractivity contribution >= 4 is 11.6 Å². The Morgan fingerprint density at radius 2 is 1.79 bits per heavy atom. The van der Waals surface area contributed by atoms with Crippen molar-refractivity contribution in [2.45, 2.75) is 57.5 Å². The van der Waals surface area contributed by atoms with Crippen LogP contribution in [0, 0.1) is 5.92 Å². The number of carbonyl (C=O) groups excluding carboxylic acids is 1. The molecule has 0 radical (unpaired) electrons. The fourth-order valence-corrected chi connectivity index (χ4v) is 4.99. The summed E-state index contributed by atoms with van der Waals surface area (Å²) in [4.78, 5) is 15.4. The molecule has 154 valence electrons. The molecule has 1 N–H and O–H groups in total. The summed E-state index contributed by atoms with van der Waals surface area (Å²) in [6.07, 6.45) is 6.69. The minimum absolute atomic E-state index is 0.0352. The van der Waals surface area contributed by atoms with Crippen molar-refractivity contribution in [3.8, 4) is 5.75 Å². The zero-order chi connectivity index (χ0) is 20.2. The second-order valence-electron chi connectivity index (χ2n) is 8.42. The summed E-state index contributed by atoms with van der Waals surface area (Å²) in [6, 6.07) is 17.1. The lowest BCUT2D eigenvalue weighted by atomic mass is 9.86. The summed E-state index contributed by atoms with van der Waals surface area (Å²) in [5.41, 5.74) is 3.89. The highest BCUT2D eigenvalue weighted by Gasteiger charge is 2.33. The second kappa shape index (κ2) is 8.89. The fraction of sp³-hybridized carbons (Fsp3) is 0.480. The lowest BCUT2D eigenvalue weighted by Gasteiger charge is -2.42. The maximum Gasteiger partial charge on any atom is 0.223 e. The van der Waals surface area contributed by atoms with Gasteiger partial charge in [-0.15, -0.1) is 0 Å². The molecule has 0 bridgehead atoms. The number of fused-ring (bicyclic) bond motifs is 1. The Morgan fingerprint density at radius 3 is 2.52 bits per heavy atom. The van der Waals surface area contributed by atoms with E-state index in [1.807, 2.05) is 12.1 Å². The lowest BCUT2D eigenvalue weighted by Crippen LogP contribution is -2.49. The largest absolute Gasteiger partial charge is 0.497 e. The molecule has 2 aliphatic rings. The van der Waals surface area contributed by atoms with Gasteiger partial charge in [0.25, 0.3) is 0 Å². The van der Waals surface area contributed by atoms with Gasteiger partial charge < -0.3 is 15.0 Å². The molecule has 0 saturated heterocycles. The number of benzene rings is 2. The summed E-state index contributed by atoms with van der Waals surface area (Å²) < 4.78 is 5.33. The second-order valence-corrected chi connectivity index (χ2v) is 8.42. The van der Waals surface area contributed by atoms with Crippen LogP contribution in [-0.2, 0) is 11.2 Å². The van der Waals surface area contributed by atoms with Crippen molar-refractivity contribution in [1.29, 1.82) is 0 Å². The molecule has 0 aromatic heterocycles. The number of methoxy groups -OCH3 is 1. The van der Waals surface area contributed by atoms with E-state index in [1.54, 1.807) is 7.11 Å². The molecule has 1 heterocycles. The van der Waals surface area contributed by atoms with Crippen molar-refractivity contribution < 1.29 is 9.53 Å². The van der Waals surface area contributed by atoms with E-state index >= 15 is 0 Å². The van der Waals surface area contributed by atoms with Gasteiger partial charge in [0.15, 0.2) is 0 Å². The molecule has 2 unspecified atom stereocenters. The normalized spacial score (nSPS) is 20.6. The highest BCUT2D eigenvalue weighted by molar-refractivity contribution is 5.79. The first-order valence-electron chi connectivity index (χ1n) is 11.0. The third kappa shape index (κ3) is 4.26. The molecule has 4 rings (SSSR count). The zero-order valence-corrected chi connectivity index (χ0v) is 17.6. The van der Waals surface area contributed by atoms with Gasteiger partial charge in [0, 0.05) is 18.2 Å². The number of nitrogens with zero attached hydrogens (tertiary/aromatic N) is 1. The SMILES string of the molecule is COc1ccc(N2CCc3ccccc3C2C(C)NC(=O)C2CCCCC2)cc1. The van der Waals surface area contributed by atoms with Crippen LogP contribution >= 0.6 is 0 Å². The number of nitrogens with one attached hydrogen (secondary N) is 1. The van der Waals surface area contributed by atoms with Crippen molar-refractivity contribution in [2.24, 2.45) is 5.92 Å². The van der Waals surface area contributed by atoms with Crippen LogP contribution in [0.5, 0.6) is 5.75 Å².